The molecule has 1 fully saturated rings. The average molecular weight is 341 g/mol. The van der Waals surface area contributed by atoms with Crippen LogP contribution in [0.2, 0.25) is 0 Å². The summed E-state index contributed by atoms with van der Waals surface area (Å²) in [5, 5.41) is 11.8. The summed E-state index contributed by atoms with van der Waals surface area (Å²) in [4.78, 5) is 6.77. The van der Waals surface area contributed by atoms with E-state index in [2.05, 4.69) is 39.2 Å². The molecule has 2 heterocycles. The van der Waals surface area contributed by atoms with E-state index in [9.17, 15) is 8.42 Å². The van der Waals surface area contributed by atoms with Gasteiger partial charge in [-0.15, -0.1) is 5.10 Å². The van der Waals surface area contributed by atoms with Crippen LogP contribution in [-0.2, 0) is 22.7 Å². The summed E-state index contributed by atoms with van der Waals surface area (Å²) in [5.41, 5.74) is 1.98. The molecule has 1 aliphatic heterocycles. The molecule has 0 radical (unpaired) electrons. The molecule has 1 N–H and O–H groups in total. The van der Waals surface area contributed by atoms with Gasteiger partial charge in [0.2, 0.25) is 5.95 Å². The second kappa shape index (κ2) is 8.01. The van der Waals surface area contributed by atoms with Gasteiger partial charge in [0.15, 0.2) is 0 Å². The summed E-state index contributed by atoms with van der Waals surface area (Å²) >= 11 is 0. The maximum absolute atomic E-state index is 11.2. The van der Waals surface area contributed by atoms with Gasteiger partial charge in [0.25, 0.3) is 0 Å². The van der Waals surface area contributed by atoms with Crippen molar-refractivity contribution in [1.82, 2.24) is 20.1 Å². The van der Waals surface area contributed by atoms with Crippen LogP contribution in [0.4, 0.5) is 5.95 Å². The van der Waals surface area contributed by atoms with Crippen molar-refractivity contribution in [2.24, 2.45) is 0 Å². The minimum atomic E-state index is -2.89. The Kier molecular flexibility index (Phi) is 6.29. The maximum Gasteiger partial charge on any atom is 0.243 e. The van der Waals surface area contributed by atoms with Gasteiger partial charge in [-0.25, -0.2) is 13.4 Å². The normalized spacial score (nSPS) is 17.3. The Bertz CT molecular complexity index is 612. The van der Waals surface area contributed by atoms with Crippen LogP contribution in [-0.4, -0.2) is 66.2 Å². The third-order valence-electron chi connectivity index (χ3n) is 4.21. The molecule has 0 bridgehead atoms. The molecule has 0 unspecified atom stereocenters. The molecule has 1 aliphatic rings. The Morgan fingerprint density at radius 3 is 2.35 bits per heavy atom. The molecule has 7 nitrogen and oxygen atoms in total. The lowest BCUT2D eigenvalue weighted by molar-refractivity contribution is 0.230. The van der Waals surface area contributed by atoms with Crippen molar-refractivity contribution < 1.29 is 8.42 Å². The summed E-state index contributed by atoms with van der Waals surface area (Å²) in [5.74, 6) is 0.838. The molecule has 0 amide bonds. The van der Waals surface area contributed by atoms with Gasteiger partial charge in [0, 0.05) is 31.9 Å². The van der Waals surface area contributed by atoms with E-state index >= 15 is 0 Å². The number of likely N-dealkylation sites (tertiary alicyclic amines) is 1. The molecule has 23 heavy (non-hydrogen) atoms. The fourth-order valence-corrected chi connectivity index (χ4v) is 3.37. The molecule has 0 aromatic carbocycles. The van der Waals surface area contributed by atoms with Crippen molar-refractivity contribution in [3.8, 4) is 0 Å². The predicted octanol–water partition coefficient (Wildman–Crippen LogP) is 0.917. The van der Waals surface area contributed by atoms with Gasteiger partial charge in [0.05, 0.1) is 17.1 Å². The van der Waals surface area contributed by atoms with E-state index in [-0.39, 0.29) is 5.75 Å². The number of hydrogen-bond donors (Lipinski definition) is 1. The second-order valence-corrected chi connectivity index (χ2v) is 8.39. The van der Waals surface area contributed by atoms with E-state index in [1.807, 2.05) is 0 Å². The average Bonchev–Trinajstić information content (AvgIpc) is 2.53. The fraction of sp³-hybridized carbons (Fsp3) is 0.800. The van der Waals surface area contributed by atoms with Crippen molar-refractivity contribution in [1.29, 1.82) is 0 Å². The molecule has 0 spiro atoms. The highest BCUT2D eigenvalue weighted by Gasteiger charge is 2.21. The Hall–Kier alpha value is -1.28. The van der Waals surface area contributed by atoms with Crippen LogP contribution in [0.25, 0.3) is 0 Å². The third-order valence-corrected chi connectivity index (χ3v) is 5.13. The van der Waals surface area contributed by atoms with Gasteiger partial charge in [0.1, 0.15) is 9.84 Å². The van der Waals surface area contributed by atoms with E-state index in [0.717, 1.165) is 50.2 Å². The van der Waals surface area contributed by atoms with Gasteiger partial charge in [-0.3, -0.25) is 0 Å². The number of hydrogen-bond acceptors (Lipinski definition) is 7. The highest BCUT2D eigenvalue weighted by atomic mass is 32.2. The van der Waals surface area contributed by atoms with Gasteiger partial charge in [-0.05, 0) is 25.7 Å². The van der Waals surface area contributed by atoms with Crippen molar-refractivity contribution in [2.45, 2.75) is 45.6 Å². The number of rotatable bonds is 7. The molecule has 130 valence electrons. The smallest absolute Gasteiger partial charge is 0.243 e. The zero-order valence-corrected chi connectivity index (χ0v) is 15.1. The maximum atomic E-state index is 11.2. The number of aromatic nitrogens is 3. The largest absolute Gasteiger partial charge is 0.350 e. The molecule has 1 aromatic rings. The first kappa shape index (κ1) is 18.1. The lowest BCUT2D eigenvalue weighted by Crippen LogP contribution is -2.41. The standard InChI is InChI=1S/C15H27N5O2S/c1-4-13-14(5-2)18-19-15(17-13)16-12-6-8-20(9-7-12)10-11-23(3,21)22/h12H,4-11H2,1-3H3,(H,16,17,19). The monoisotopic (exact) mass is 341 g/mol. The summed E-state index contributed by atoms with van der Waals surface area (Å²) in [7, 11) is -2.89. The number of piperidine rings is 1. The van der Waals surface area contributed by atoms with Crippen LogP contribution in [0, 0.1) is 0 Å². The highest BCUT2D eigenvalue weighted by molar-refractivity contribution is 7.90. The van der Waals surface area contributed by atoms with Crippen LogP contribution in [0.1, 0.15) is 38.1 Å². The molecule has 1 saturated heterocycles. The van der Waals surface area contributed by atoms with Crippen molar-refractivity contribution in [2.75, 3.05) is 37.0 Å². The highest BCUT2D eigenvalue weighted by Crippen LogP contribution is 2.15. The predicted molar refractivity (Wildman–Crippen MR) is 91.4 cm³/mol. The zero-order chi connectivity index (χ0) is 16.9. The van der Waals surface area contributed by atoms with E-state index in [0.29, 0.717) is 18.5 Å². The van der Waals surface area contributed by atoms with Gasteiger partial charge in [-0.1, -0.05) is 13.8 Å². The lowest BCUT2D eigenvalue weighted by Gasteiger charge is -2.32. The second-order valence-electron chi connectivity index (χ2n) is 6.13. The molecule has 8 heteroatoms. The Morgan fingerprint density at radius 2 is 1.78 bits per heavy atom. The zero-order valence-electron chi connectivity index (χ0n) is 14.2. The summed E-state index contributed by atoms with van der Waals surface area (Å²) in [6.07, 6.45) is 4.92. The van der Waals surface area contributed by atoms with Crippen molar-refractivity contribution in [3.63, 3.8) is 0 Å². The molecular formula is C15H27N5O2S. The molecule has 2 rings (SSSR count). The van der Waals surface area contributed by atoms with Crippen molar-refractivity contribution in [3.05, 3.63) is 11.4 Å². The first-order valence-corrected chi connectivity index (χ1v) is 10.4. The van der Waals surface area contributed by atoms with Crippen LogP contribution >= 0.6 is 0 Å². The van der Waals surface area contributed by atoms with E-state index < -0.39 is 9.84 Å². The lowest BCUT2D eigenvalue weighted by atomic mass is 10.1. The topological polar surface area (TPSA) is 88.1 Å². The third kappa shape index (κ3) is 5.69. The van der Waals surface area contributed by atoms with Gasteiger partial charge < -0.3 is 10.2 Å². The quantitative estimate of drug-likeness (QED) is 0.789. The number of anilines is 1. The summed E-state index contributed by atoms with van der Waals surface area (Å²) in [6.45, 7) is 6.55. The minimum Gasteiger partial charge on any atom is -0.350 e. The van der Waals surface area contributed by atoms with Gasteiger partial charge in [-0.2, -0.15) is 5.10 Å². The van der Waals surface area contributed by atoms with Crippen LogP contribution in [0.3, 0.4) is 0 Å². The van der Waals surface area contributed by atoms with E-state index in [4.69, 9.17) is 0 Å². The van der Waals surface area contributed by atoms with Crippen molar-refractivity contribution >= 4 is 15.8 Å². The van der Waals surface area contributed by atoms with Crippen LogP contribution < -0.4 is 5.32 Å². The SMILES string of the molecule is CCc1nnc(NC2CCN(CCS(C)(=O)=O)CC2)nc1CC. The Labute approximate surface area is 138 Å². The first-order chi connectivity index (χ1) is 10.9. The van der Waals surface area contributed by atoms with Crippen LogP contribution in [0.15, 0.2) is 0 Å². The molecule has 0 aliphatic carbocycles. The minimum absolute atomic E-state index is 0.233. The number of nitrogens with zero attached hydrogens (tertiary/aromatic N) is 4. The number of aryl methyl sites for hydroxylation is 2. The Balaban J connectivity index is 1.84. The van der Waals surface area contributed by atoms with E-state index in [1.54, 1.807) is 0 Å². The summed E-state index contributed by atoms with van der Waals surface area (Å²) < 4.78 is 22.5. The van der Waals surface area contributed by atoms with Crippen LogP contribution in [0.5, 0.6) is 0 Å². The fourth-order valence-electron chi connectivity index (χ4n) is 2.78. The molecular weight excluding hydrogens is 314 g/mol. The number of sulfone groups is 1. The molecule has 1 aromatic heterocycles. The molecule has 0 saturated carbocycles. The first-order valence-electron chi connectivity index (χ1n) is 8.30. The van der Waals surface area contributed by atoms with E-state index in [1.165, 1.54) is 6.26 Å². The summed E-state index contributed by atoms with van der Waals surface area (Å²) in [6, 6.07) is 0.323. The Morgan fingerprint density at radius 1 is 1.13 bits per heavy atom. The number of nitrogens with one attached hydrogen (secondary N) is 1. The van der Waals surface area contributed by atoms with Gasteiger partial charge >= 0.3 is 0 Å². The molecule has 0 atom stereocenters.